The van der Waals surface area contributed by atoms with Crippen LogP contribution in [0.25, 0.3) is 0 Å². The predicted octanol–water partition coefficient (Wildman–Crippen LogP) is 0.779. The van der Waals surface area contributed by atoms with Crippen molar-refractivity contribution in [3.05, 3.63) is 29.8 Å². The summed E-state index contributed by atoms with van der Waals surface area (Å²) in [4.78, 5) is 14.7. The zero-order valence-corrected chi connectivity index (χ0v) is 16.0. The van der Waals surface area contributed by atoms with Crippen molar-refractivity contribution in [3.63, 3.8) is 0 Å². The molecule has 0 saturated carbocycles. The molecule has 3 rings (SSSR count). The van der Waals surface area contributed by atoms with Crippen LogP contribution in [-0.2, 0) is 14.8 Å². The van der Waals surface area contributed by atoms with E-state index in [2.05, 4.69) is 10.2 Å². The minimum atomic E-state index is -3.59. The van der Waals surface area contributed by atoms with Crippen LogP contribution in [0.15, 0.2) is 29.2 Å². The monoisotopic (exact) mass is 381 g/mol. The van der Waals surface area contributed by atoms with Crippen molar-refractivity contribution in [2.75, 3.05) is 53.0 Å². The fraction of sp³-hybridized carbons (Fsp3) is 0.611. The number of hydrogen-bond acceptors (Lipinski definition) is 5. The van der Waals surface area contributed by atoms with E-state index >= 15 is 0 Å². The van der Waals surface area contributed by atoms with Gasteiger partial charge in [-0.3, -0.25) is 4.79 Å². The Balaban J connectivity index is 1.69. The lowest BCUT2D eigenvalue weighted by Gasteiger charge is -2.20. The summed E-state index contributed by atoms with van der Waals surface area (Å²) in [7, 11) is -1.59. The van der Waals surface area contributed by atoms with E-state index in [4.69, 9.17) is 4.74 Å². The number of carbonyl (C=O) groups excluding carboxylic acids is 1. The van der Waals surface area contributed by atoms with E-state index in [0.717, 1.165) is 26.0 Å². The molecule has 144 valence electrons. The summed E-state index contributed by atoms with van der Waals surface area (Å²) in [6.45, 7) is 4.52. The topological polar surface area (TPSA) is 79.0 Å². The molecule has 0 spiro atoms. The highest BCUT2D eigenvalue weighted by atomic mass is 32.2. The van der Waals surface area contributed by atoms with Crippen LogP contribution >= 0.6 is 0 Å². The highest BCUT2D eigenvalue weighted by Gasteiger charge is 2.27. The molecular weight excluding hydrogens is 354 g/mol. The van der Waals surface area contributed by atoms with Gasteiger partial charge in [0.1, 0.15) is 0 Å². The number of likely N-dealkylation sites (N-methyl/N-ethyl adjacent to an activating group) is 1. The van der Waals surface area contributed by atoms with Crippen LogP contribution in [-0.4, -0.2) is 76.5 Å². The van der Waals surface area contributed by atoms with Crippen LogP contribution in [0, 0.1) is 5.92 Å². The van der Waals surface area contributed by atoms with Crippen molar-refractivity contribution in [1.29, 1.82) is 0 Å². The second-order valence-electron chi connectivity index (χ2n) is 7.03. The molecule has 1 aromatic carbocycles. The summed E-state index contributed by atoms with van der Waals surface area (Å²) in [5.41, 5.74) is 0.372. The molecule has 2 heterocycles. The maximum absolute atomic E-state index is 12.9. The third kappa shape index (κ3) is 4.62. The molecule has 0 bridgehead atoms. The van der Waals surface area contributed by atoms with Gasteiger partial charge in [0, 0.05) is 44.3 Å². The average Bonchev–Trinajstić information content (AvgIpc) is 3.06. The summed E-state index contributed by atoms with van der Waals surface area (Å²) < 4.78 is 32.7. The number of amides is 1. The SMILES string of the molecule is CN1CCCN(S(=O)(=O)c2cccc(C(=O)NCC3CCOC3)c2)CC1. The van der Waals surface area contributed by atoms with Crippen LogP contribution in [0.5, 0.6) is 0 Å². The maximum Gasteiger partial charge on any atom is 0.251 e. The van der Waals surface area contributed by atoms with Crippen LogP contribution in [0.3, 0.4) is 0 Å². The third-order valence-corrected chi connectivity index (χ3v) is 6.88. The molecule has 7 nitrogen and oxygen atoms in total. The number of sulfonamides is 1. The highest BCUT2D eigenvalue weighted by Crippen LogP contribution is 2.19. The molecule has 0 aliphatic carbocycles. The van der Waals surface area contributed by atoms with Gasteiger partial charge in [-0.05, 0) is 44.6 Å². The smallest absolute Gasteiger partial charge is 0.251 e. The quantitative estimate of drug-likeness (QED) is 0.815. The number of ether oxygens (including phenoxy) is 1. The number of benzene rings is 1. The lowest BCUT2D eigenvalue weighted by molar-refractivity contribution is 0.0944. The molecule has 26 heavy (non-hydrogen) atoms. The first-order chi connectivity index (χ1) is 12.5. The van der Waals surface area contributed by atoms with Gasteiger partial charge < -0.3 is 15.0 Å². The maximum atomic E-state index is 12.9. The first kappa shape index (κ1) is 19.3. The average molecular weight is 381 g/mol. The molecular formula is C18H27N3O4S. The molecule has 1 amide bonds. The van der Waals surface area contributed by atoms with E-state index in [1.165, 1.54) is 10.4 Å². The second-order valence-corrected chi connectivity index (χ2v) is 8.97. The van der Waals surface area contributed by atoms with Crippen LogP contribution in [0.1, 0.15) is 23.2 Å². The molecule has 1 N–H and O–H groups in total. The van der Waals surface area contributed by atoms with E-state index in [9.17, 15) is 13.2 Å². The van der Waals surface area contributed by atoms with Crippen molar-refractivity contribution >= 4 is 15.9 Å². The minimum Gasteiger partial charge on any atom is -0.381 e. The minimum absolute atomic E-state index is 0.180. The molecule has 1 atom stereocenters. The third-order valence-electron chi connectivity index (χ3n) is 4.99. The van der Waals surface area contributed by atoms with Gasteiger partial charge in [-0.25, -0.2) is 8.42 Å². The van der Waals surface area contributed by atoms with Crippen molar-refractivity contribution in [1.82, 2.24) is 14.5 Å². The van der Waals surface area contributed by atoms with E-state index in [1.807, 2.05) is 7.05 Å². The molecule has 1 aromatic rings. The molecule has 8 heteroatoms. The predicted molar refractivity (Wildman–Crippen MR) is 98.6 cm³/mol. The van der Waals surface area contributed by atoms with E-state index < -0.39 is 10.0 Å². The van der Waals surface area contributed by atoms with Crippen LogP contribution < -0.4 is 5.32 Å². The zero-order chi connectivity index (χ0) is 18.6. The van der Waals surface area contributed by atoms with Gasteiger partial charge in [0.05, 0.1) is 11.5 Å². The first-order valence-corrected chi connectivity index (χ1v) is 10.6. The Hall–Kier alpha value is -1.48. The summed E-state index contributed by atoms with van der Waals surface area (Å²) in [5, 5.41) is 2.88. The lowest BCUT2D eigenvalue weighted by Crippen LogP contribution is -2.34. The zero-order valence-electron chi connectivity index (χ0n) is 15.2. The standard InChI is InChI=1S/C18H27N3O4S/c1-20-7-3-8-21(10-9-20)26(23,24)17-5-2-4-16(12-17)18(22)19-13-15-6-11-25-14-15/h2,4-5,12,15H,3,6-11,13-14H2,1H3,(H,19,22). The Kier molecular flexibility index (Phi) is 6.29. The molecule has 0 aromatic heterocycles. The first-order valence-electron chi connectivity index (χ1n) is 9.11. The van der Waals surface area contributed by atoms with E-state index in [-0.39, 0.29) is 10.8 Å². The molecule has 0 radical (unpaired) electrons. The molecule has 2 fully saturated rings. The summed E-state index contributed by atoms with van der Waals surface area (Å²) in [6.07, 6.45) is 1.75. The lowest BCUT2D eigenvalue weighted by atomic mass is 10.1. The Morgan fingerprint density at radius 1 is 1.27 bits per heavy atom. The Morgan fingerprint density at radius 2 is 2.12 bits per heavy atom. The van der Waals surface area contributed by atoms with Gasteiger partial charge in [-0.2, -0.15) is 4.31 Å². The molecule has 1 unspecified atom stereocenters. The Bertz CT molecular complexity index is 732. The summed E-state index contributed by atoms with van der Waals surface area (Å²) in [5.74, 6) is 0.0875. The van der Waals surface area contributed by atoms with Gasteiger partial charge >= 0.3 is 0 Å². The fourth-order valence-corrected chi connectivity index (χ4v) is 4.81. The van der Waals surface area contributed by atoms with E-state index in [1.54, 1.807) is 18.2 Å². The Labute approximate surface area is 155 Å². The van der Waals surface area contributed by atoms with Crippen molar-refractivity contribution in [3.8, 4) is 0 Å². The highest BCUT2D eigenvalue weighted by molar-refractivity contribution is 7.89. The summed E-state index contributed by atoms with van der Waals surface area (Å²) >= 11 is 0. The Morgan fingerprint density at radius 3 is 2.88 bits per heavy atom. The number of nitrogens with zero attached hydrogens (tertiary/aromatic N) is 2. The van der Waals surface area contributed by atoms with Crippen LogP contribution in [0.4, 0.5) is 0 Å². The van der Waals surface area contributed by atoms with Crippen molar-refractivity contribution in [2.45, 2.75) is 17.7 Å². The number of carbonyl (C=O) groups is 1. The second kappa shape index (κ2) is 8.47. The fourth-order valence-electron chi connectivity index (χ4n) is 3.29. The van der Waals surface area contributed by atoms with Crippen LogP contribution in [0.2, 0.25) is 0 Å². The largest absolute Gasteiger partial charge is 0.381 e. The number of nitrogens with one attached hydrogen (secondary N) is 1. The molecule has 2 aliphatic rings. The van der Waals surface area contributed by atoms with Crippen molar-refractivity contribution in [2.24, 2.45) is 5.92 Å². The molecule has 2 aliphatic heterocycles. The van der Waals surface area contributed by atoms with Gasteiger partial charge in [-0.1, -0.05) is 6.07 Å². The van der Waals surface area contributed by atoms with Crippen molar-refractivity contribution < 1.29 is 17.9 Å². The molecule has 2 saturated heterocycles. The summed E-state index contributed by atoms with van der Waals surface area (Å²) in [6, 6.07) is 6.32. The van der Waals surface area contributed by atoms with Gasteiger partial charge in [0.2, 0.25) is 10.0 Å². The van der Waals surface area contributed by atoms with Gasteiger partial charge in [0.25, 0.3) is 5.91 Å². The number of rotatable bonds is 5. The van der Waals surface area contributed by atoms with Gasteiger partial charge in [0.15, 0.2) is 0 Å². The van der Waals surface area contributed by atoms with E-state index in [0.29, 0.717) is 44.3 Å². The number of hydrogen-bond donors (Lipinski definition) is 1. The normalized spacial score (nSPS) is 22.9. The van der Waals surface area contributed by atoms with Gasteiger partial charge in [-0.15, -0.1) is 0 Å².